The summed E-state index contributed by atoms with van der Waals surface area (Å²) >= 11 is 3.29. The lowest BCUT2D eigenvalue weighted by Crippen LogP contribution is -2.44. The number of alkyl halides is 1. The van der Waals surface area contributed by atoms with E-state index in [1.807, 2.05) is 13.8 Å². The van der Waals surface area contributed by atoms with Gasteiger partial charge >= 0.3 is 0 Å². The molecule has 0 aromatic rings. The lowest BCUT2D eigenvalue weighted by Gasteiger charge is -2.16. The van der Waals surface area contributed by atoms with Crippen molar-refractivity contribution in [3.05, 3.63) is 0 Å². The van der Waals surface area contributed by atoms with Crippen molar-refractivity contribution in [2.75, 3.05) is 6.54 Å². The third-order valence-corrected chi connectivity index (χ3v) is 3.67. The maximum Gasteiger partial charge on any atom is 0.242 e. The highest BCUT2D eigenvalue weighted by atomic mass is 79.9. The molecule has 5 heteroatoms. The van der Waals surface area contributed by atoms with Crippen LogP contribution in [-0.4, -0.2) is 29.2 Å². The number of hydrogen-bond acceptors (Lipinski definition) is 2. The molecule has 2 atom stereocenters. The number of carbonyl (C=O) groups is 2. The Kier molecular flexibility index (Phi) is 3.92. The van der Waals surface area contributed by atoms with Crippen LogP contribution in [0.3, 0.4) is 0 Å². The van der Waals surface area contributed by atoms with E-state index >= 15 is 0 Å². The van der Waals surface area contributed by atoms with Crippen molar-refractivity contribution in [1.29, 1.82) is 0 Å². The monoisotopic (exact) mass is 262 g/mol. The molecule has 1 saturated heterocycles. The van der Waals surface area contributed by atoms with E-state index in [1.54, 1.807) is 0 Å². The Morgan fingerprint density at radius 3 is 2.71 bits per heavy atom. The summed E-state index contributed by atoms with van der Waals surface area (Å²) in [7, 11) is 0. The molecular formula is C9H15BrN2O2. The van der Waals surface area contributed by atoms with Gasteiger partial charge in [-0.2, -0.15) is 0 Å². The average molecular weight is 263 g/mol. The molecule has 0 bridgehead atoms. The van der Waals surface area contributed by atoms with Gasteiger partial charge in [-0.1, -0.05) is 29.8 Å². The van der Waals surface area contributed by atoms with Crippen LogP contribution in [0.5, 0.6) is 0 Å². The lowest BCUT2D eigenvalue weighted by atomic mass is 10.1. The molecule has 1 aliphatic heterocycles. The quantitative estimate of drug-likeness (QED) is 0.724. The summed E-state index contributed by atoms with van der Waals surface area (Å²) < 4.78 is 0. The highest BCUT2D eigenvalue weighted by Crippen LogP contribution is 2.12. The Labute approximate surface area is 91.9 Å². The fourth-order valence-corrected chi connectivity index (χ4v) is 1.42. The molecule has 1 fully saturated rings. The van der Waals surface area contributed by atoms with Crippen LogP contribution >= 0.6 is 15.9 Å². The third-order valence-electron chi connectivity index (χ3n) is 2.20. The minimum atomic E-state index is -0.346. The first-order valence-electron chi connectivity index (χ1n) is 4.74. The van der Waals surface area contributed by atoms with Crippen molar-refractivity contribution in [3.8, 4) is 0 Å². The number of nitrogens with one attached hydrogen (secondary N) is 2. The zero-order valence-corrected chi connectivity index (χ0v) is 9.93. The molecule has 4 nitrogen and oxygen atoms in total. The van der Waals surface area contributed by atoms with Crippen LogP contribution in [0.4, 0.5) is 0 Å². The summed E-state index contributed by atoms with van der Waals surface area (Å²) in [6.07, 6.45) is 0.683. The normalized spacial score (nSPS) is 23.4. The summed E-state index contributed by atoms with van der Waals surface area (Å²) in [6, 6.07) is -0.346. The smallest absolute Gasteiger partial charge is 0.242 e. The van der Waals surface area contributed by atoms with Crippen LogP contribution in [0.2, 0.25) is 0 Å². The maximum atomic E-state index is 11.5. The Bertz CT molecular complexity index is 243. The summed E-state index contributed by atoms with van der Waals surface area (Å²) in [5, 5.41) is 5.39. The zero-order chi connectivity index (χ0) is 10.7. The van der Waals surface area contributed by atoms with Gasteiger partial charge in [0.25, 0.3) is 0 Å². The highest BCUT2D eigenvalue weighted by Gasteiger charge is 2.28. The first-order chi connectivity index (χ1) is 6.52. The molecule has 2 amide bonds. The van der Waals surface area contributed by atoms with Crippen LogP contribution < -0.4 is 10.6 Å². The van der Waals surface area contributed by atoms with Gasteiger partial charge < -0.3 is 10.6 Å². The van der Waals surface area contributed by atoms with E-state index in [4.69, 9.17) is 0 Å². The topological polar surface area (TPSA) is 58.2 Å². The van der Waals surface area contributed by atoms with Crippen LogP contribution in [-0.2, 0) is 9.59 Å². The molecule has 1 aliphatic rings. The molecule has 1 rings (SSSR count). The van der Waals surface area contributed by atoms with E-state index in [2.05, 4.69) is 26.6 Å². The van der Waals surface area contributed by atoms with E-state index in [1.165, 1.54) is 0 Å². The number of amides is 2. The molecular weight excluding hydrogens is 248 g/mol. The Morgan fingerprint density at radius 2 is 2.29 bits per heavy atom. The fraction of sp³-hybridized carbons (Fsp3) is 0.778. The van der Waals surface area contributed by atoms with Crippen LogP contribution in [0, 0.1) is 5.92 Å². The largest absolute Gasteiger partial charge is 0.354 e. The highest BCUT2D eigenvalue weighted by molar-refractivity contribution is 9.10. The predicted octanol–water partition coefficient (Wildman–Crippen LogP) is 0.411. The van der Waals surface area contributed by atoms with Gasteiger partial charge in [-0.15, -0.1) is 0 Å². The third kappa shape index (κ3) is 2.70. The summed E-state index contributed by atoms with van der Waals surface area (Å²) in [4.78, 5) is 22.5. The summed E-state index contributed by atoms with van der Waals surface area (Å²) in [5.41, 5.74) is 0. The number of carbonyl (C=O) groups excluding carboxylic acids is 2. The molecule has 2 N–H and O–H groups in total. The molecule has 1 heterocycles. The first-order valence-corrected chi connectivity index (χ1v) is 5.66. The van der Waals surface area contributed by atoms with Gasteiger partial charge in [-0.05, 0) is 12.3 Å². The van der Waals surface area contributed by atoms with E-state index in [0.717, 1.165) is 0 Å². The minimum Gasteiger partial charge on any atom is -0.354 e. The fourth-order valence-electron chi connectivity index (χ4n) is 1.29. The molecule has 0 aromatic carbocycles. The van der Waals surface area contributed by atoms with Crippen LogP contribution in [0.25, 0.3) is 0 Å². The average Bonchev–Trinajstić information content (AvgIpc) is 2.50. The summed E-state index contributed by atoms with van der Waals surface area (Å²) in [5.74, 6) is 0.0309. The van der Waals surface area contributed by atoms with Crippen molar-refractivity contribution in [2.24, 2.45) is 5.92 Å². The standard InChI is InChI=1S/C9H15BrN2O2/c1-5(2)7(10)9(14)12-6-3-4-11-8(6)13/h5-7H,3-4H2,1-2H3,(H,11,13)(H,12,14). The maximum absolute atomic E-state index is 11.5. The second-order valence-corrected chi connectivity index (χ2v) is 4.77. The molecule has 0 radical (unpaired) electrons. The molecule has 0 aliphatic carbocycles. The number of rotatable bonds is 3. The molecule has 14 heavy (non-hydrogen) atoms. The molecule has 0 saturated carbocycles. The Morgan fingerprint density at radius 1 is 1.64 bits per heavy atom. The van der Waals surface area contributed by atoms with Crippen LogP contribution in [0.1, 0.15) is 20.3 Å². The molecule has 0 spiro atoms. The van der Waals surface area contributed by atoms with Gasteiger partial charge in [-0.25, -0.2) is 0 Å². The van der Waals surface area contributed by atoms with Gasteiger partial charge in [0, 0.05) is 6.54 Å². The number of halogens is 1. The number of hydrogen-bond donors (Lipinski definition) is 2. The van der Waals surface area contributed by atoms with Crippen molar-refractivity contribution < 1.29 is 9.59 Å². The SMILES string of the molecule is CC(C)C(Br)C(=O)NC1CCNC1=O. The van der Waals surface area contributed by atoms with Crippen molar-refractivity contribution >= 4 is 27.7 Å². The Balaban J connectivity index is 2.44. The molecule has 0 aromatic heterocycles. The van der Waals surface area contributed by atoms with Gasteiger partial charge in [0.15, 0.2) is 0 Å². The van der Waals surface area contributed by atoms with E-state index in [0.29, 0.717) is 13.0 Å². The van der Waals surface area contributed by atoms with Crippen LogP contribution in [0.15, 0.2) is 0 Å². The van der Waals surface area contributed by atoms with Crippen molar-refractivity contribution in [2.45, 2.75) is 31.1 Å². The summed E-state index contributed by atoms with van der Waals surface area (Å²) in [6.45, 7) is 4.56. The Hall–Kier alpha value is -0.580. The predicted molar refractivity (Wildman–Crippen MR) is 57.1 cm³/mol. The molecule has 80 valence electrons. The van der Waals surface area contributed by atoms with E-state index in [9.17, 15) is 9.59 Å². The second kappa shape index (κ2) is 4.77. The van der Waals surface area contributed by atoms with Gasteiger partial charge in [0.2, 0.25) is 11.8 Å². The van der Waals surface area contributed by atoms with E-state index in [-0.39, 0.29) is 28.6 Å². The van der Waals surface area contributed by atoms with Crippen molar-refractivity contribution in [3.63, 3.8) is 0 Å². The minimum absolute atomic E-state index is 0.0817. The first kappa shape index (κ1) is 11.5. The van der Waals surface area contributed by atoms with E-state index < -0.39 is 0 Å². The lowest BCUT2D eigenvalue weighted by molar-refractivity contribution is -0.127. The second-order valence-electron chi connectivity index (χ2n) is 3.79. The molecule has 2 unspecified atom stereocenters. The van der Waals surface area contributed by atoms with Crippen molar-refractivity contribution in [1.82, 2.24) is 10.6 Å². The van der Waals surface area contributed by atoms with Gasteiger partial charge in [0.1, 0.15) is 6.04 Å². The van der Waals surface area contributed by atoms with Gasteiger partial charge in [0.05, 0.1) is 4.83 Å². The van der Waals surface area contributed by atoms with Gasteiger partial charge in [-0.3, -0.25) is 9.59 Å². The zero-order valence-electron chi connectivity index (χ0n) is 8.34.